The molecular formula is C17H16O4. The highest BCUT2D eigenvalue weighted by Gasteiger charge is 2.04. The van der Waals surface area contributed by atoms with Crippen LogP contribution in [0, 0.1) is 0 Å². The molecule has 0 heterocycles. The lowest BCUT2D eigenvalue weighted by molar-refractivity contribution is 0.0526. The second-order valence-electron chi connectivity index (χ2n) is 4.42. The fraction of sp³-hybridized carbons (Fsp3) is 0.118. The van der Waals surface area contributed by atoms with Crippen LogP contribution in [0.25, 0.3) is 12.2 Å². The number of carbonyl (C=O) groups is 1. The van der Waals surface area contributed by atoms with E-state index in [1.165, 1.54) is 12.1 Å². The first kappa shape index (κ1) is 14.7. The van der Waals surface area contributed by atoms with Gasteiger partial charge in [0.1, 0.15) is 0 Å². The summed E-state index contributed by atoms with van der Waals surface area (Å²) in [6.07, 6.45) is 3.65. The van der Waals surface area contributed by atoms with E-state index in [1.54, 1.807) is 31.2 Å². The number of aromatic hydroxyl groups is 2. The Bertz CT molecular complexity index is 657. The highest BCUT2D eigenvalue weighted by atomic mass is 16.5. The number of rotatable bonds is 4. The van der Waals surface area contributed by atoms with Crippen LogP contribution < -0.4 is 0 Å². The highest BCUT2D eigenvalue weighted by molar-refractivity contribution is 5.89. The van der Waals surface area contributed by atoms with Gasteiger partial charge in [-0.15, -0.1) is 0 Å². The van der Waals surface area contributed by atoms with Gasteiger partial charge in [0.2, 0.25) is 0 Å². The number of ether oxygens (including phenoxy) is 1. The maximum absolute atomic E-state index is 11.5. The first-order valence-electron chi connectivity index (χ1n) is 6.57. The molecule has 4 nitrogen and oxygen atoms in total. The molecule has 0 aliphatic carbocycles. The van der Waals surface area contributed by atoms with Crippen molar-refractivity contribution in [2.75, 3.05) is 6.61 Å². The quantitative estimate of drug-likeness (QED) is 0.512. The molecular weight excluding hydrogens is 268 g/mol. The maximum Gasteiger partial charge on any atom is 0.338 e. The van der Waals surface area contributed by atoms with Crippen LogP contribution in [0.2, 0.25) is 0 Å². The number of esters is 1. The van der Waals surface area contributed by atoms with E-state index in [0.29, 0.717) is 12.2 Å². The fourth-order valence-electron chi connectivity index (χ4n) is 1.78. The van der Waals surface area contributed by atoms with Crippen LogP contribution in [0.15, 0.2) is 42.5 Å². The lowest BCUT2D eigenvalue weighted by Crippen LogP contribution is -2.03. The summed E-state index contributed by atoms with van der Waals surface area (Å²) in [5.41, 5.74) is 2.19. The van der Waals surface area contributed by atoms with E-state index < -0.39 is 0 Å². The van der Waals surface area contributed by atoms with Crippen LogP contribution in [-0.4, -0.2) is 22.8 Å². The average Bonchev–Trinajstić information content (AvgIpc) is 2.49. The van der Waals surface area contributed by atoms with Crippen LogP contribution in [0.3, 0.4) is 0 Å². The standard InChI is InChI=1S/C17H16O4/c1-2-21-17(20)14-8-5-12(6-9-14)3-4-13-7-10-15(18)16(19)11-13/h3-11,18-19H,2H2,1H3/b4-3+. The summed E-state index contributed by atoms with van der Waals surface area (Å²) >= 11 is 0. The zero-order chi connectivity index (χ0) is 15.2. The zero-order valence-corrected chi connectivity index (χ0v) is 11.6. The Balaban J connectivity index is 2.10. The van der Waals surface area contributed by atoms with Gasteiger partial charge in [-0.3, -0.25) is 0 Å². The first-order valence-corrected chi connectivity index (χ1v) is 6.57. The molecule has 108 valence electrons. The SMILES string of the molecule is CCOC(=O)c1ccc(/C=C/c2ccc(O)c(O)c2)cc1. The Morgan fingerprint density at radius 2 is 1.62 bits per heavy atom. The summed E-state index contributed by atoms with van der Waals surface area (Å²) in [7, 11) is 0. The first-order chi connectivity index (χ1) is 10.1. The van der Waals surface area contributed by atoms with Gasteiger partial charge in [-0.25, -0.2) is 4.79 Å². The number of phenols is 2. The Kier molecular flexibility index (Phi) is 4.61. The summed E-state index contributed by atoms with van der Waals surface area (Å²) in [6.45, 7) is 2.12. The number of hydrogen-bond acceptors (Lipinski definition) is 4. The Labute approximate surface area is 122 Å². The van der Waals surface area contributed by atoms with Crippen molar-refractivity contribution >= 4 is 18.1 Å². The molecule has 0 unspecified atom stereocenters. The molecule has 0 aliphatic heterocycles. The van der Waals surface area contributed by atoms with Crippen molar-refractivity contribution in [2.24, 2.45) is 0 Å². The minimum atomic E-state index is -0.337. The zero-order valence-electron chi connectivity index (χ0n) is 11.6. The Morgan fingerprint density at radius 1 is 1.00 bits per heavy atom. The van der Waals surface area contributed by atoms with Crippen LogP contribution in [-0.2, 0) is 4.74 Å². The predicted octanol–water partition coefficient (Wildman–Crippen LogP) is 3.44. The molecule has 2 rings (SSSR count). The van der Waals surface area contributed by atoms with Crippen LogP contribution >= 0.6 is 0 Å². The molecule has 2 aromatic rings. The van der Waals surface area contributed by atoms with Crippen molar-refractivity contribution in [1.82, 2.24) is 0 Å². The largest absolute Gasteiger partial charge is 0.504 e. The van der Waals surface area contributed by atoms with E-state index in [1.807, 2.05) is 18.2 Å². The van der Waals surface area contributed by atoms with Gasteiger partial charge in [0.25, 0.3) is 0 Å². The molecule has 0 amide bonds. The molecule has 21 heavy (non-hydrogen) atoms. The third-order valence-electron chi connectivity index (χ3n) is 2.89. The topological polar surface area (TPSA) is 66.8 Å². The van der Waals surface area contributed by atoms with Crippen molar-refractivity contribution in [3.8, 4) is 11.5 Å². The summed E-state index contributed by atoms with van der Waals surface area (Å²) < 4.78 is 4.91. The number of carbonyl (C=O) groups excluding carboxylic acids is 1. The lowest BCUT2D eigenvalue weighted by Gasteiger charge is -2.02. The van der Waals surface area contributed by atoms with E-state index in [-0.39, 0.29) is 17.5 Å². The molecule has 2 aromatic carbocycles. The number of hydrogen-bond donors (Lipinski definition) is 2. The predicted molar refractivity (Wildman–Crippen MR) is 81.1 cm³/mol. The van der Waals surface area contributed by atoms with Gasteiger partial charge in [-0.1, -0.05) is 30.4 Å². The van der Waals surface area contributed by atoms with Gasteiger partial charge in [0.15, 0.2) is 11.5 Å². The second-order valence-corrected chi connectivity index (χ2v) is 4.42. The second kappa shape index (κ2) is 6.61. The molecule has 0 spiro atoms. The highest BCUT2D eigenvalue weighted by Crippen LogP contribution is 2.25. The van der Waals surface area contributed by atoms with Crippen LogP contribution in [0.4, 0.5) is 0 Å². The summed E-state index contributed by atoms with van der Waals surface area (Å²) in [4.78, 5) is 11.5. The molecule has 0 radical (unpaired) electrons. The molecule has 0 atom stereocenters. The van der Waals surface area contributed by atoms with Crippen LogP contribution in [0.1, 0.15) is 28.4 Å². The van der Waals surface area contributed by atoms with Gasteiger partial charge in [0.05, 0.1) is 12.2 Å². The van der Waals surface area contributed by atoms with Crippen LogP contribution in [0.5, 0.6) is 11.5 Å². The monoisotopic (exact) mass is 284 g/mol. The lowest BCUT2D eigenvalue weighted by atomic mass is 10.1. The average molecular weight is 284 g/mol. The minimum absolute atomic E-state index is 0.147. The van der Waals surface area contributed by atoms with Gasteiger partial charge in [-0.2, -0.15) is 0 Å². The molecule has 0 fully saturated rings. The summed E-state index contributed by atoms with van der Waals surface area (Å²) in [5.74, 6) is -0.641. The molecule has 0 saturated carbocycles. The van der Waals surface area contributed by atoms with Crippen molar-refractivity contribution in [1.29, 1.82) is 0 Å². The van der Waals surface area contributed by atoms with E-state index in [9.17, 15) is 15.0 Å². The Hall–Kier alpha value is -2.75. The molecule has 0 aliphatic rings. The van der Waals surface area contributed by atoms with E-state index in [2.05, 4.69) is 0 Å². The fourth-order valence-corrected chi connectivity index (χ4v) is 1.78. The molecule has 2 N–H and O–H groups in total. The Morgan fingerprint density at radius 3 is 2.24 bits per heavy atom. The van der Waals surface area contributed by atoms with E-state index >= 15 is 0 Å². The van der Waals surface area contributed by atoms with Crippen molar-refractivity contribution in [3.63, 3.8) is 0 Å². The summed E-state index contributed by atoms with van der Waals surface area (Å²) in [6, 6.07) is 11.6. The van der Waals surface area contributed by atoms with Crippen molar-refractivity contribution in [2.45, 2.75) is 6.92 Å². The molecule has 0 bridgehead atoms. The minimum Gasteiger partial charge on any atom is -0.504 e. The molecule has 0 saturated heterocycles. The molecule has 0 aromatic heterocycles. The third-order valence-corrected chi connectivity index (χ3v) is 2.89. The normalized spacial score (nSPS) is 10.7. The van der Waals surface area contributed by atoms with E-state index in [0.717, 1.165) is 11.1 Å². The van der Waals surface area contributed by atoms with Crippen molar-refractivity contribution < 1.29 is 19.7 Å². The number of phenolic OH excluding ortho intramolecular Hbond substituents is 2. The number of benzene rings is 2. The van der Waals surface area contributed by atoms with E-state index in [4.69, 9.17) is 4.74 Å². The maximum atomic E-state index is 11.5. The van der Waals surface area contributed by atoms with Gasteiger partial charge >= 0.3 is 5.97 Å². The van der Waals surface area contributed by atoms with Gasteiger partial charge in [-0.05, 0) is 42.3 Å². The molecule has 4 heteroatoms. The van der Waals surface area contributed by atoms with Crippen molar-refractivity contribution in [3.05, 3.63) is 59.2 Å². The summed E-state index contributed by atoms with van der Waals surface area (Å²) in [5, 5.41) is 18.6. The third kappa shape index (κ3) is 3.86. The van der Waals surface area contributed by atoms with Gasteiger partial charge in [0, 0.05) is 0 Å². The van der Waals surface area contributed by atoms with Gasteiger partial charge < -0.3 is 14.9 Å². The smallest absolute Gasteiger partial charge is 0.338 e.